The van der Waals surface area contributed by atoms with Gasteiger partial charge in [-0.2, -0.15) is 13.2 Å². The Balaban J connectivity index is 2.43. The van der Waals surface area contributed by atoms with Crippen LogP contribution in [0.15, 0.2) is 18.5 Å². The van der Waals surface area contributed by atoms with Crippen LogP contribution in [0.5, 0.6) is 0 Å². The van der Waals surface area contributed by atoms with Gasteiger partial charge in [0.2, 0.25) is 0 Å². The van der Waals surface area contributed by atoms with E-state index in [2.05, 4.69) is 4.98 Å². The van der Waals surface area contributed by atoms with Gasteiger partial charge in [0, 0.05) is 12.4 Å². The predicted molar refractivity (Wildman–Crippen MR) is 37.9 cm³/mol. The quantitative estimate of drug-likeness (QED) is 0.632. The Kier molecular flexibility index (Phi) is 1.76. The van der Waals surface area contributed by atoms with Crippen LogP contribution in [-0.2, 0) is 10.9 Å². The molecule has 0 aromatic carbocycles. The van der Waals surface area contributed by atoms with E-state index in [1.807, 2.05) is 0 Å². The third-order valence-corrected chi connectivity index (χ3v) is 1.84. The van der Waals surface area contributed by atoms with Crippen LogP contribution < -0.4 is 0 Å². The van der Waals surface area contributed by atoms with Crippen molar-refractivity contribution < 1.29 is 17.9 Å². The van der Waals surface area contributed by atoms with Crippen molar-refractivity contribution in [3.63, 3.8) is 0 Å². The first-order valence-electron chi connectivity index (χ1n) is 3.72. The molecular weight excluding hydrogens is 183 g/mol. The topological polar surface area (TPSA) is 25.4 Å². The van der Waals surface area contributed by atoms with Gasteiger partial charge in [-0.3, -0.25) is 4.98 Å². The summed E-state index contributed by atoms with van der Waals surface area (Å²) in [6.45, 7) is 0.368. The molecule has 0 spiro atoms. The molecule has 2 rings (SSSR count). The fourth-order valence-electron chi connectivity index (χ4n) is 1.15. The maximum Gasteiger partial charge on any atom is 0.418 e. The van der Waals surface area contributed by atoms with E-state index in [0.29, 0.717) is 6.61 Å². The van der Waals surface area contributed by atoms with Gasteiger partial charge in [0.25, 0.3) is 0 Å². The van der Waals surface area contributed by atoms with Gasteiger partial charge in [0.15, 0.2) is 0 Å². The number of hydrogen-bond acceptors (Lipinski definition) is 2. The van der Waals surface area contributed by atoms with Gasteiger partial charge >= 0.3 is 6.18 Å². The molecule has 13 heavy (non-hydrogen) atoms. The lowest BCUT2D eigenvalue weighted by Gasteiger charge is -2.09. The summed E-state index contributed by atoms with van der Waals surface area (Å²) in [6.07, 6.45) is -2.56. The van der Waals surface area contributed by atoms with Gasteiger partial charge < -0.3 is 4.74 Å². The van der Waals surface area contributed by atoms with E-state index in [9.17, 15) is 13.2 Å². The molecule has 0 saturated carbocycles. The fourth-order valence-corrected chi connectivity index (χ4v) is 1.15. The molecule has 1 saturated heterocycles. The zero-order valence-corrected chi connectivity index (χ0v) is 6.51. The molecule has 1 aliphatic rings. The highest BCUT2D eigenvalue weighted by molar-refractivity contribution is 5.30. The molecule has 0 bridgehead atoms. The molecular formula is C8H6F3NO. The largest absolute Gasteiger partial charge is 0.418 e. The van der Waals surface area contributed by atoms with Crippen LogP contribution in [0.2, 0.25) is 0 Å². The summed E-state index contributed by atoms with van der Waals surface area (Å²) < 4.78 is 41.8. The molecule has 5 heteroatoms. The monoisotopic (exact) mass is 189 g/mol. The minimum absolute atomic E-state index is 0.183. The number of aromatic nitrogens is 1. The maximum absolute atomic E-state index is 12.3. The van der Waals surface area contributed by atoms with Crippen molar-refractivity contribution >= 4 is 0 Å². The summed E-state index contributed by atoms with van der Waals surface area (Å²) in [6, 6.07) is 1.35. The Morgan fingerprint density at radius 1 is 1.46 bits per heavy atom. The average Bonchev–Trinajstić information content (AvgIpc) is 2.85. The van der Waals surface area contributed by atoms with Crippen molar-refractivity contribution in [3.05, 3.63) is 29.6 Å². The van der Waals surface area contributed by atoms with E-state index in [-0.39, 0.29) is 11.7 Å². The first-order valence-corrected chi connectivity index (χ1v) is 3.72. The molecule has 1 aromatic heterocycles. The molecule has 0 aliphatic carbocycles. The smallest absolute Gasteiger partial charge is 0.368 e. The molecule has 1 aliphatic heterocycles. The first-order chi connectivity index (χ1) is 6.09. The highest BCUT2D eigenvalue weighted by atomic mass is 19.4. The predicted octanol–water partition coefficient (Wildman–Crippen LogP) is 2.17. The summed E-state index contributed by atoms with van der Waals surface area (Å²) in [5.74, 6) is 0. The maximum atomic E-state index is 12.3. The fraction of sp³-hybridized carbons (Fsp3) is 0.375. The summed E-state index contributed by atoms with van der Waals surface area (Å²) >= 11 is 0. The number of halogens is 3. The van der Waals surface area contributed by atoms with Crippen LogP contribution >= 0.6 is 0 Å². The van der Waals surface area contributed by atoms with Gasteiger partial charge in [0.1, 0.15) is 6.10 Å². The Morgan fingerprint density at radius 2 is 2.15 bits per heavy atom. The number of pyridine rings is 1. The van der Waals surface area contributed by atoms with E-state index < -0.39 is 11.7 Å². The lowest BCUT2D eigenvalue weighted by molar-refractivity contribution is -0.138. The molecule has 1 aromatic rings. The van der Waals surface area contributed by atoms with E-state index in [4.69, 9.17) is 4.74 Å². The van der Waals surface area contributed by atoms with Gasteiger partial charge in [0.05, 0.1) is 12.2 Å². The molecule has 1 atom stereocenters. The Labute approximate surface area is 72.4 Å². The molecule has 0 unspecified atom stereocenters. The van der Waals surface area contributed by atoms with Gasteiger partial charge in [-0.25, -0.2) is 0 Å². The molecule has 0 N–H and O–H groups in total. The Bertz CT molecular complexity index is 319. The van der Waals surface area contributed by atoms with Gasteiger partial charge in [-0.05, 0) is 11.6 Å². The normalized spacial score (nSPS) is 21.6. The van der Waals surface area contributed by atoms with Crippen LogP contribution in [0.1, 0.15) is 17.2 Å². The summed E-state index contributed by atoms with van der Waals surface area (Å²) in [5, 5.41) is 0. The van der Waals surface area contributed by atoms with Crippen molar-refractivity contribution in [2.24, 2.45) is 0 Å². The van der Waals surface area contributed by atoms with E-state index in [1.165, 1.54) is 12.3 Å². The number of hydrogen-bond donors (Lipinski definition) is 0. The molecule has 1 fully saturated rings. The number of ether oxygens (including phenoxy) is 1. The van der Waals surface area contributed by atoms with Crippen molar-refractivity contribution in [2.75, 3.05) is 6.61 Å². The highest BCUT2D eigenvalue weighted by Crippen LogP contribution is 2.39. The second-order valence-corrected chi connectivity index (χ2v) is 2.78. The third-order valence-electron chi connectivity index (χ3n) is 1.84. The van der Waals surface area contributed by atoms with Crippen molar-refractivity contribution in [3.8, 4) is 0 Å². The van der Waals surface area contributed by atoms with Crippen LogP contribution in [0, 0.1) is 0 Å². The van der Waals surface area contributed by atoms with Crippen LogP contribution in [0.3, 0.4) is 0 Å². The summed E-state index contributed by atoms with van der Waals surface area (Å²) in [5.41, 5.74) is -0.514. The first kappa shape index (κ1) is 8.50. The second kappa shape index (κ2) is 2.70. The second-order valence-electron chi connectivity index (χ2n) is 2.78. The highest BCUT2D eigenvalue weighted by Gasteiger charge is 2.38. The van der Waals surface area contributed by atoms with Crippen LogP contribution in [-0.4, -0.2) is 11.6 Å². The molecule has 70 valence electrons. The average molecular weight is 189 g/mol. The zero-order valence-electron chi connectivity index (χ0n) is 6.51. The van der Waals surface area contributed by atoms with E-state index in [1.54, 1.807) is 0 Å². The standard InChI is InChI=1S/C8H6F3NO/c9-8(10,11)6-3-12-2-1-5(6)7-4-13-7/h1-3,7H,4H2/t7-/m0/s1. The summed E-state index contributed by atoms with van der Waals surface area (Å²) in [4.78, 5) is 3.45. The molecule has 0 amide bonds. The number of nitrogens with zero attached hydrogens (tertiary/aromatic N) is 1. The minimum atomic E-state index is -4.34. The number of alkyl halides is 3. The lowest BCUT2D eigenvalue weighted by atomic mass is 10.1. The van der Waals surface area contributed by atoms with Crippen molar-refractivity contribution in [1.82, 2.24) is 4.98 Å². The van der Waals surface area contributed by atoms with Crippen molar-refractivity contribution in [1.29, 1.82) is 0 Å². The van der Waals surface area contributed by atoms with Gasteiger partial charge in [-0.15, -0.1) is 0 Å². The number of epoxide rings is 1. The van der Waals surface area contributed by atoms with E-state index in [0.717, 1.165) is 6.20 Å². The minimum Gasteiger partial charge on any atom is -0.368 e. The Morgan fingerprint density at radius 3 is 2.69 bits per heavy atom. The zero-order chi connectivity index (χ0) is 9.47. The van der Waals surface area contributed by atoms with E-state index >= 15 is 0 Å². The molecule has 0 radical (unpaired) electrons. The lowest BCUT2D eigenvalue weighted by Crippen LogP contribution is -2.09. The third kappa shape index (κ3) is 1.65. The van der Waals surface area contributed by atoms with Crippen LogP contribution in [0.4, 0.5) is 13.2 Å². The van der Waals surface area contributed by atoms with Gasteiger partial charge in [-0.1, -0.05) is 0 Å². The Hall–Kier alpha value is -1.10. The molecule has 2 nitrogen and oxygen atoms in total. The SMILES string of the molecule is FC(F)(F)c1cnccc1[C@@H]1CO1. The van der Waals surface area contributed by atoms with Crippen LogP contribution in [0.25, 0.3) is 0 Å². The molecule has 2 heterocycles. The number of rotatable bonds is 1. The summed E-state index contributed by atoms with van der Waals surface area (Å²) in [7, 11) is 0. The van der Waals surface area contributed by atoms with Crippen molar-refractivity contribution in [2.45, 2.75) is 12.3 Å².